The van der Waals surface area contributed by atoms with Gasteiger partial charge in [-0.3, -0.25) is 19.8 Å². The smallest absolute Gasteiger partial charge is 0.156 e. The summed E-state index contributed by atoms with van der Waals surface area (Å²) < 4.78 is 0. The summed E-state index contributed by atoms with van der Waals surface area (Å²) in [6, 6.07) is 19.1. The van der Waals surface area contributed by atoms with Crippen LogP contribution in [0.2, 0.25) is 0 Å². The molecule has 2 saturated heterocycles. The molecule has 2 aliphatic heterocycles. The normalized spacial score (nSPS) is 18.4. The molecule has 0 amide bonds. The minimum absolute atomic E-state index is 0.235. The van der Waals surface area contributed by atoms with Crippen LogP contribution >= 0.6 is 0 Å². The Morgan fingerprint density at radius 1 is 0.740 bits per heavy atom. The number of hydrogen-bond acceptors (Lipinski definition) is 10. The van der Waals surface area contributed by atoms with E-state index in [0.29, 0.717) is 19.5 Å². The summed E-state index contributed by atoms with van der Waals surface area (Å²) in [5, 5.41) is 24.5. The molecule has 2 aliphatic rings. The van der Waals surface area contributed by atoms with Crippen molar-refractivity contribution in [1.29, 1.82) is 0 Å². The third-order valence-corrected chi connectivity index (χ3v) is 10.3. The van der Waals surface area contributed by atoms with E-state index in [1.807, 2.05) is 24.7 Å². The van der Waals surface area contributed by atoms with Crippen LogP contribution in [-0.2, 0) is 19.5 Å². The van der Waals surface area contributed by atoms with Gasteiger partial charge in [-0.05, 0) is 89.9 Å². The van der Waals surface area contributed by atoms with E-state index in [2.05, 4.69) is 92.4 Å². The average Bonchev–Trinajstić information content (AvgIpc) is 3.73. The van der Waals surface area contributed by atoms with Crippen LogP contribution in [0.15, 0.2) is 79.5 Å². The lowest BCUT2D eigenvalue weighted by Gasteiger charge is -2.18. The van der Waals surface area contributed by atoms with Gasteiger partial charge in [-0.1, -0.05) is 30.3 Å². The molecule has 0 bridgehead atoms. The van der Waals surface area contributed by atoms with Crippen molar-refractivity contribution in [1.82, 2.24) is 34.7 Å². The van der Waals surface area contributed by atoms with Gasteiger partial charge in [-0.15, -0.1) is 0 Å². The lowest BCUT2D eigenvalue weighted by molar-refractivity contribution is 0.174. The number of aromatic nitrogens is 5. The molecule has 10 nitrogen and oxygen atoms in total. The standard InChI is InChI=1S/C40H42N8O2/c1-25-29(17-37-39-36(44-24-45-37)16-28(19-43-39)21-48-14-11-32(50)23-48)5-3-6-33(25)34-7-4-8-35(26(34)2)46-40-38-30(9-12-41-40)15-27(18-42-38)20-47-13-10-31(49)22-47/h3-9,12,15-16,18-19,24,31-32,49-50H,10-11,13-14,17,20-23H2,1-2H3,(H,41,46)/t31-,32-/m1/s1. The maximum Gasteiger partial charge on any atom is 0.156 e. The minimum atomic E-state index is -0.242. The molecule has 10 heteroatoms. The summed E-state index contributed by atoms with van der Waals surface area (Å²) in [4.78, 5) is 28.1. The zero-order valence-corrected chi connectivity index (χ0v) is 28.5. The van der Waals surface area contributed by atoms with E-state index in [9.17, 15) is 10.2 Å². The van der Waals surface area contributed by atoms with Crippen molar-refractivity contribution in [3.63, 3.8) is 0 Å². The van der Waals surface area contributed by atoms with Crippen molar-refractivity contribution in [3.8, 4) is 11.1 Å². The van der Waals surface area contributed by atoms with Crippen molar-refractivity contribution in [2.24, 2.45) is 0 Å². The quantitative estimate of drug-likeness (QED) is 0.177. The number of anilines is 2. The summed E-state index contributed by atoms with van der Waals surface area (Å²) in [6.07, 6.45) is 9.12. The molecule has 2 atom stereocenters. The van der Waals surface area contributed by atoms with Gasteiger partial charge in [0.1, 0.15) is 17.4 Å². The number of pyridine rings is 3. The van der Waals surface area contributed by atoms with E-state index >= 15 is 0 Å². The van der Waals surface area contributed by atoms with Crippen molar-refractivity contribution in [3.05, 3.63) is 113 Å². The number of hydrogen-bond donors (Lipinski definition) is 3. The molecule has 2 fully saturated rings. The minimum Gasteiger partial charge on any atom is -0.392 e. The Kier molecular flexibility index (Phi) is 8.93. The number of nitrogens with zero attached hydrogens (tertiary/aromatic N) is 7. The first-order valence-corrected chi connectivity index (χ1v) is 17.5. The van der Waals surface area contributed by atoms with Gasteiger partial charge in [0.2, 0.25) is 0 Å². The van der Waals surface area contributed by atoms with Crippen LogP contribution in [0.3, 0.4) is 0 Å². The zero-order valence-electron chi connectivity index (χ0n) is 28.5. The Balaban J connectivity index is 1.03. The van der Waals surface area contributed by atoms with Crippen molar-refractivity contribution < 1.29 is 10.2 Å². The molecular formula is C40H42N8O2. The van der Waals surface area contributed by atoms with Crippen LogP contribution < -0.4 is 5.32 Å². The highest BCUT2D eigenvalue weighted by Gasteiger charge is 2.22. The van der Waals surface area contributed by atoms with E-state index in [0.717, 1.165) is 100 Å². The first-order chi connectivity index (χ1) is 24.4. The van der Waals surface area contributed by atoms with E-state index in [4.69, 9.17) is 9.97 Å². The van der Waals surface area contributed by atoms with Crippen LogP contribution in [-0.4, -0.2) is 83.3 Å². The Morgan fingerprint density at radius 3 is 2.14 bits per heavy atom. The van der Waals surface area contributed by atoms with E-state index < -0.39 is 0 Å². The fourth-order valence-electron chi connectivity index (χ4n) is 7.50. The monoisotopic (exact) mass is 666 g/mol. The topological polar surface area (TPSA) is 123 Å². The van der Waals surface area contributed by atoms with Crippen LogP contribution in [0.4, 0.5) is 11.5 Å². The van der Waals surface area contributed by atoms with Crippen LogP contribution in [0.1, 0.15) is 46.4 Å². The van der Waals surface area contributed by atoms with Gasteiger partial charge in [0.25, 0.3) is 0 Å². The van der Waals surface area contributed by atoms with E-state index in [1.54, 1.807) is 6.33 Å². The van der Waals surface area contributed by atoms with Gasteiger partial charge >= 0.3 is 0 Å². The molecule has 0 saturated carbocycles. The first-order valence-electron chi connectivity index (χ1n) is 17.5. The number of rotatable bonds is 9. The Hall–Kier alpha value is -4.87. The van der Waals surface area contributed by atoms with Gasteiger partial charge in [-0.25, -0.2) is 15.0 Å². The number of β-amino-alcohol motifs (C(OH)–C–C–N with tert-alkyl or cyclic N) is 2. The fraction of sp³-hybridized carbons (Fsp3) is 0.325. The van der Waals surface area contributed by atoms with Crippen molar-refractivity contribution in [2.75, 3.05) is 31.5 Å². The Morgan fingerprint density at radius 2 is 1.42 bits per heavy atom. The van der Waals surface area contributed by atoms with Gasteiger partial charge in [0, 0.05) is 75.4 Å². The number of fused-ring (bicyclic) bond motifs is 2. The number of aliphatic hydroxyl groups excluding tert-OH is 2. The second-order valence-corrected chi connectivity index (χ2v) is 13.8. The second-order valence-electron chi connectivity index (χ2n) is 13.8. The molecule has 8 rings (SSSR count). The number of aliphatic hydroxyl groups is 2. The van der Waals surface area contributed by atoms with Crippen LogP contribution in [0.5, 0.6) is 0 Å². The first kappa shape index (κ1) is 32.3. The van der Waals surface area contributed by atoms with Gasteiger partial charge in [0.05, 0.1) is 23.4 Å². The number of benzene rings is 2. The van der Waals surface area contributed by atoms with Crippen molar-refractivity contribution >= 4 is 33.4 Å². The lowest BCUT2D eigenvalue weighted by atomic mass is 9.91. The molecule has 0 unspecified atom stereocenters. The molecule has 50 heavy (non-hydrogen) atoms. The molecule has 4 aromatic heterocycles. The third kappa shape index (κ3) is 6.67. The summed E-state index contributed by atoms with van der Waals surface area (Å²) in [6.45, 7) is 9.07. The number of likely N-dealkylation sites (tertiary alicyclic amines) is 2. The predicted molar refractivity (Wildman–Crippen MR) is 196 cm³/mol. The highest BCUT2D eigenvalue weighted by Crippen LogP contribution is 2.35. The van der Waals surface area contributed by atoms with E-state index in [-0.39, 0.29) is 12.2 Å². The SMILES string of the molecule is Cc1c(Cc2ncnc3cc(CN4CC[C@@H](O)C4)cnc23)cccc1-c1cccc(Nc2nccc3cc(CN4CC[C@@H](O)C4)cnc23)c1C. The molecule has 0 spiro atoms. The largest absolute Gasteiger partial charge is 0.392 e. The average molecular weight is 667 g/mol. The molecule has 2 aromatic carbocycles. The summed E-state index contributed by atoms with van der Waals surface area (Å²) in [5.74, 6) is 0.723. The highest BCUT2D eigenvalue weighted by molar-refractivity contribution is 5.91. The van der Waals surface area contributed by atoms with E-state index in [1.165, 1.54) is 16.7 Å². The second kappa shape index (κ2) is 13.8. The maximum absolute atomic E-state index is 9.92. The molecule has 6 heterocycles. The lowest BCUT2D eigenvalue weighted by Crippen LogP contribution is -2.21. The molecule has 0 aliphatic carbocycles. The van der Waals surface area contributed by atoms with Gasteiger partial charge in [0.15, 0.2) is 5.82 Å². The number of nitrogens with one attached hydrogen (secondary N) is 1. The summed E-state index contributed by atoms with van der Waals surface area (Å²) >= 11 is 0. The molecule has 254 valence electrons. The fourth-order valence-corrected chi connectivity index (χ4v) is 7.50. The summed E-state index contributed by atoms with van der Waals surface area (Å²) in [7, 11) is 0. The third-order valence-electron chi connectivity index (χ3n) is 10.3. The van der Waals surface area contributed by atoms with Crippen molar-refractivity contribution in [2.45, 2.75) is 58.4 Å². The Bertz CT molecular complexity index is 2040. The summed E-state index contributed by atoms with van der Waals surface area (Å²) in [5.41, 5.74) is 12.4. The van der Waals surface area contributed by atoms with Gasteiger partial charge in [-0.2, -0.15) is 0 Å². The molecule has 3 N–H and O–H groups in total. The molecule has 6 aromatic rings. The van der Waals surface area contributed by atoms with Crippen LogP contribution in [0.25, 0.3) is 33.1 Å². The maximum atomic E-state index is 9.92. The molecule has 0 radical (unpaired) electrons. The molecular weight excluding hydrogens is 624 g/mol. The Labute approximate surface area is 291 Å². The van der Waals surface area contributed by atoms with Crippen LogP contribution in [0, 0.1) is 13.8 Å². The zero-order chi connectivity index (χ0) is 34.2. The predicted octanol–water partition coefficient (Wildman–Crippen LogP) is 5.72. The highest BCUT2D eigenvalue weighted by atomic mass is 16.3. The van der Waals surface area contributed by atoms with Gasteiger partial charge < -0.3 is 15.5 Å².